The van der Waals surface area contributed by atoms with Gasteiger partial charge in [-0.2, -0.15) is 18.4 Å². The lowest BCUT2D eigenvalue weighted by Gasteiger charge is -2.31. The molecular weight excluding hydrogens is 337 g/mol. The Kier molecular flexibility index (Phi) is 5.67. The standard InChI is InChI=1S/C17H17F3N2O3/c1-11(10-21)25-16(24)13-6-8-22(9-7-13)15(23)12-2-4-14(5-3-12)17(18,19)20/h2-5,11,13H,6-9H2,1H3/t11-/m0/s1. The maximum absolute atomic E-state index is 12.6. The molecule has 1 heterocycles. The molecule has 0 radical (unpaired) electrons. The highest BCUT2D eigenvalue weighted by Crippen LogP contribution is 2.29. The molecular formula is C17H17F3N2O3. The molecule has 0 unspecified atom stereocenters. The van der Waals surface area contributed by atoms with Crippen LogP contribution in [0.1, 0.15) is 35.7 Å². The van der Waals surface area contributed by atoms with Crippen LogP contribution in [0.2, 0.25) is 0 Å². The molecule has 0 N–H and O–H groups in total. The summed E-state index contributed by atoms with van der Waals surface area (Å²) in [5.41, 5.74) is -0.635. The van der Waals surface area contributed by atoms with Crippen LogP contribution >= 0.6 is 0 Å². The summed E-state index contributed by atoms with van der Waals surface area (Å²) in [6.07, 6.45) is -4.48. The van der Waals surface area contributed by atoms with Gasteiger partial charge in [0, 0.05) is 18.7 Å². The average molecular weight is 354 g/mol. The zero-order valence-electron chi connectivity index (χ0n) is 13.5. The number of hydrogen-bond acceptors (Lipinski definition) is 4. The molecule has 5 nitrogen and oxygen atoms in total. The first kappa shape index (κ1) is 18.8. The van der Waals surface area contributed by atoms with Crippen LogP contribution in [0, 0.1) is 17.2 Å². The smallest absolute Gasteiger partial charge is 0.416 e. The van der Waals surface area contributed by atoms with E-state index in [4.69, 9.17) is 10.00 Å². The monoisotopic (exact) mass is 354 g/mol. The second-order valence-electron chi connectivity index (χ2n) is 5.85. The SMILES string of the molecule is C[C@@H](C#N)OC(=O)C1CCN(C(=O)c2ccc(C(F)(F)F)cc2)CC1. The van der Waals surface area contributed by atoms with Gasteiger partial charge in [0.15, 0.2) is 6.10 Å². The number of nitrogens with zero attached hydrogens (tertiary/aromatic N) is 2. The zero-order valence-corrected chi connectivity index (χ0v) is 13.5. The van der Waals surface area contributed by atoms with Crippen LogP contribution in [-0.2, 0) is 15.7 Å². The van der Waals surface area contributed by atoms with Crippen molar-refractivity contribution in [2.24, 2.45) is 5.92 Å². The number of benzene rings is 1. The van der Waals surface area contributed by atoms with E-state index >= 15 is 0 Å². The van der Waals surface area contributed by atoms with Crippen LogP contribution in [0.4, 0.5) is 13.2 Å². The van der Waals surface area contributed by atoms with Gasteiger partial charge in [-0.05, 0) is 44.0 Å². The van der Waals surface area contributed by atoms with Gasteiger partial charge in [-0.3, -0.25) is 9.59 Å². The normalized spacial score (nSPS) is 16.8. The van der Waals surface area contributed by atoms with Crippen molar-refractivity contribution < 1.29 is 27.5 Å². The number of nitriles is 1. The minimum Gasteiger partial charge on any atom is -0.447 e. The number of rotatable bonds is 3. The molecule has 1 amide bonds. The molecule has 1 aromatic rings. The number of alkyl halides is 3. The minimum atomic E-state index is -4.44. The van der Waals surface area contributed by atoms with Gasteiger partial charge >= 0.3 is 12.1 Å². The van der Waals surface area contributed by atoms with Crippen molar-refractivity contribution in [3.8, 4) is 6.07 Å². The maximum atomic E-state index is 12.6. The van der Waals surface area contributed by atoms with Gasteiger partial charge in [-0.1, -0.05) is 0 Å². The molecule has 8 heteroatoms. The molecule has 134 valence electrons. The van der Waals surface area contributed by atoms with Crippen molar-refractivity contribution in [1.82, 2.24) is 4.90 Å². The molecule has 1 atom stereocenters. The molecule has 0 aliphatic carbocycles. The Morgan fingerprint density at radius 1 is 1.24 bits per heavy atom. The van der Waals surface area contributed by atoms with Gasteiger partial charge < -0.3 is 9.64 Å². The number of piperidine rings is 1. The zero-order chi connectivity index (χ0) is 18.6. The number of amides is 1. The molecule has 0 aromatic heterocycles. The molecule has 1 aliphatic rings. The fraction of sp³-hybridized carbons (Fsp3) is 0.471. The summed E-state index contributed by atoms with van der Waals surface area (Å²) >= 11 is 0. The second-order valence-corrected chi connectivity index (χ2v) is 5.85. The highest BCUT2D eigenvalue weighted by Gasteiger charge is 2.32. The lowest BCUT2D eigenvalue weighted by Crippen LogP contribution is -2.41. The Morgan fingerprint density at radius 3 is 2.28 bits per heavy atom. The molecule has 2 rings (SSSR count). The quantitative estimate of drug-likeness (QED) is 0.783. The third kappa shape index (κ3) is 4.72. The molecule has 1 fully saturated rings. The van der Waals surface area contributed by atoms with E-state index in [1.807, 2.05) is 6.07 Å². The maximum Gasteiger partial charge on any atom is 0.416 e. The van der Waals surface area contributed by atoms with E-state index in [-0.39, 0.29) is 17.4 Å². The van der Waals surface area contributed by atoms with Gasteiger partial charge in [0.2, 0.25) is 0 Å². The number of likely N-dealkylation sites (tertiary alicyclic amines) is 1. The summed E-state index contributed by atoms with van der Waals surface area (Å²) in [6.45, 7) is 2.09. The van der Waals surface area contributed by atoms with Crippen molar-refractivity contribution in [2.75, 3.05) is 13.1 Å². The van der Waals surface area contributed by atoms with E-state index < -0.39 is 23.8 Å². The molecule has 0 bridgehead atoms. The van der Waals surface area contributed by atoms with E-state index in [9.17, 15) is 22.8 Å². The van der Waals surface area contributed by atoms with Crippen molar-refractivity contribution in [3.05, 3.63) is 35.4 Å². The van der Waals surface area contributed by atoms with Crippen molar-refractivity contribution in [3.63, 3.8) is 0 Å². The number of ether oxygens (including phenoxy) is 1. The number of esters is 1. The number of carbonyl (C=O) groups is 2. The molecule has 1 aliphatic heterocycles. The van der Waals surface area contributed by atoms with Crippen LogP contribution in [-0.4, -0.2) is 36.0 Å². The Labute approximate surface area is 143 Å². The molecule has 25 heavy (non-hydrogen) atoms. The van der Waals surface area contributed by atoms with E-state index in [0.29, 0.717) is 25.9 Å². The van der Waals surface area contributed by atoms with Crippen molar-refractivity contribution in [1.29, 1.82) is 5.26 Å². The first-order chi connectivity index (χ1) is 11.7. The van der Waals surface area contributed by atoms with E-state index in [1.165, 1.54) is 11.8 Å². The van der Waals surface area contributed by atoms with Gasteiger partial charge in [0.1, 0.15) is 6.07 Å². The van der Waals surface area contributed by atoms with Crippen LogP contribution < -0.4 is 0 Å². The van der Waals surface area contributed by atoms with Crippen LogP contribution in [0.3, 0.4) is 0 Å². The molecule has 0 saturated carbocycles. The molecule has 1 aromatic carbocycles. The van der Waals surface area contributed by atoms with Gasteiger partial charge in [-0.25, -0.2) is 0 Å². The molecule has 0 spiro atoms. The van der Waals surface area contributed by atoms with Crippen LogP contribution in [0.5, 0.6) is 0 Å². The van der Waals surface area contributed by atoms with Gasteiger partial charge in [0.05, 0.1) is 11.5 Å². The first-order valence-electron chi connectivity index (χ1n) is 7.79. The fourth-order valence-electron chi connectivity index (χ4n) is 2.60. The summed E-state index contributed by atoms with van der Waals surface area (Å²) < 4.78 is 42.6. The van der Waals surface area contributed by atoms with Crippen molar-refractivity contribution >= 4 is 11.9 Å². The van der Waals surface area contributed by atoms with E-state index in [0.717, 1.165) is 24.3 Å². The predicted molar refractivity (Wildman–Crippen MR) is 81.2 cm³/mol. The predicted octanol–water partition coefficient (Wildman–Crippen LogP) is 3.01. The largest absolute Gasteiger partial charge is 0.447 e. The minimum absolute atomic E-state index is 0.173. The van der Waals surface area contributed by atoms with E-state index in [2.05, 4.69) is 0 Å². The van der Waals surface area contributed by atoms with Gasteiger partial charge in [0.25, 0.3) is 5.91 Å². The number of carbonyl (C=O) groups excluding carboxylic acids is 2. The number of halogens is 3. The first-order valence-corrected chi connectivity index (χ1v) is 7.79. The second kappa shape index (κ2) is 7.55. The topological polar surface area (TPSA) is 70.4 Å². The highest BCUT2D eigenvalue weighted by molar-refractivity contribution is 5.94. The summed E-state index contributed by atoms with van der Waals surface area (Å²) in [7, 11) is 0. The van der Waals surface area contributed by atoms with Crippen LogP contribution in [0.15, 0.2) is 24.3 Å². The Morgan fingerprint density at radius 2 is 1.80 bits per heavy atom. The summed E-state index contributed by atoms with van der Waals surface area (Å²) in [5, 5.41) is 8.64. The van der Waals surface area contributed by atoms with Crippen LogP contribution in [0.25, 0.3) is 0 Å². The lowest BCUT2D eigenvalue weighted by molar-refractivity contribution is -0.152. The van der Waals surface area contributed by atoms with E-state index in [1.54, 1.807) is 0 Å². The Balaban J connectivity index is 1.93. The van der Waals surface area contributed by atoms with Gasteiger partial charge in [-0.15, -0.1) is 0 Å². The summed E-state index contributed by atoms with van der Waals surface area (Å²) in [6, 6.07) is 5.87. The summed E-state index contributed by atoms with van der Waals surface area (Å²) in [4.78, 5) is 25.7. The number of hydrogen-bond donors (Lipinski definition) is 0. The Bertz CT molecular complexity index is 672. The fourth-order valence-corrected chi connectivity index (χ4v) is 2.60. The highest BCUT2D eigenvalue weighted by atomic mass is 19.4. The van der Waals surface area contributed by atoms with Crippen molar-refractivity contribution in [2.45, 2.75) is 32.0 Å². The molecule has 1 saturated heterocycles. The third-order valence-electron chi connectivity index (χ3n) is 4.05. The lowest BCUT2D eigenvalue weighted by atomic mass is 9.96. The Hall–Kier alpha value is -2.56. The third-order valence-corrected chi connectivity index (χ3v) is 4.05. The summed E-state index contributed by atoms with van der Waals surface area (Å²) in [5.74, 6) is -1.21. The average Bonchev–Trinajstić information content (AvgIpc) is 2.60.